The van der Waals surface area contributed by atoms with E-state index in [1.165, 1.54) is 12.1 Å². The van der Waals surface area contributed by atoms with Gasteiger partial charge in [0.05, 0.1) is 22.7 Å². The largest absolute Gasteiger partial charge is 0.478 e. The van der Waals surface area contributed by atoms with Gasteiger partial charge in [0.1, 0.15) is 0 Å². The van der Waals surface area contributed by atoms with Crippen LogP contribution in [-0.4, -0.2) is 22.3 Å². The highest BCUT2D eigenvalue weighted by Crippen LogP contribution is 2.56. The number of alkyl halides is 9. The molecule has 1 aliphatic rings. The zero-order chi connectivity index (χ0) is 28.8. The molecule has 1 fully saturated rings. The number of rotatable bonds is 5. The summed E-state index contributed by atoms with van der Waals surface area (Å²) in [7, 11) is 0. The maximum Gasteiger partial charge on any atom is 0.423 e. The molecule has 0 saturated carbocycles. The van der Waals surface area contributed by atoms with Crippen molar-refractivity contribution < 1.29 is 54.3 Å². The average Bonchev–Trinajstić information content (AvgIpc) is 3.24. The van der Waals surface area contributed by atoms with Gasteiger partial charge in [0, 0.05) is 13.0 Å². The summed E-state index contributed by atoms with van der Waals surface area (Å²) in [4.78, 5) is 16.6. The Kier molecular flexibility index (Phi) is 7.19. The lowest BCUT2D eigenvalue weighted by molar-refractivity contribution is -0.330. The van der Waals surface area contributed by atoms with Gasteiger partial charge >= 0.3 is 24.5 Å². The highest BCUT2D eigenvalue weighted by Gasteiger charge is 2.64. The van der Waals surface area contributed by atoms with Crippen molar-refractivity contribution in [2.45, 2.75) is 43.1 Å². The van der Waals surface area contributed by atoms with E-state index in [-0.39, 0.29) is 35.9 Å². The molecular weight excluding hydrogens is 545 g/mol. The van der Waals surface area contributed by atoms with E-state index in [9.17, 15) is 44.3 Å². The van der Waals surface area contributed by atoms with Crippen LogP contribution in [0.5, 0.6) is 0 Å². The quantitative estimate of drug-likeness (QED) is 0.323. The Hall–Kier alpha value is -3.58. The van der Waals surface area contributed by atoms with Crippen LogP contribution in [0.25, 0.3) is 0 Å². The highest BCUT2D eigenvalue weighted by molar-refractivity contribution is 5.87. The molecule has 1 aliphatic heterocycles. The maximum absolute atomic E-state index is 14.7. The minimum atomic E-state index is -5.45. The van der Waals surface area contributed by atoms with Crippen molar-refractivity contribution in [3.05, 3.63) is 106 Å². The molecule has 4 nitrogen and oxygen atoms in total. The third-order valence-corrected chi connectivity index (χ3v) is 6.34. The first-order valence-electron chi connectivity index (χ1n) is 11.2. The number of hydrogen-bond acceptors (Lipinski definition) is 3. The minimum absolute atomic E-state index is 0.0132. The normalized spacial score (nSPS) is 20.8. The number of carboxylic acid groups (broad SMARTS) is 1. The van der Waals surface area contributed by atoms with E-state index in [0.717, 1.165) is 17.2 Å². The third kappa shape index (κ3) is 5.74. The number of nitrogens with zero attached hydrogens (tertiary/aromatic N) is 1. The Bertz CT molecular complexity index is 1300. The van der Waals surface area contributed by atoms with Gasteiger partial charge in [-0.3, -0.25) is 4.84 Å². The minimum Gasteiger partial charge on any atom is -0.478 e. The van der Waals surface area contributed by atoms with Gasteiger partial charge in [0.15, 0.2) is 0 Å². The molecule has 2 unspecified atom stereocenters. The Morgan fingerprint density at radius 2 is 1.38 bits per heavy atom. The van der Waals surface area contributed by atoms with Crippen molar-refractivity contribution in [2.24, 2.45) is 0 Å². The summed E-state index contributed by atoms with van der Waals surface area (Å²) in [6, 6.07) is 11.0. The first kappa shape index (κ1) is 28.4. The zero-order valence-electron chi connectivity index (χ0n) is 19.5. The molecule has 2 atom stereocenters. The van der Waals surface area contributed by atoms with Crippen molar-refractivity contribution >= 4 is 5.97 Å². The van der Waals surface area contributed by atoms with Gasteiger partial charge < -0.3 is 5.11 Å². The number of benzene rings is 3. The molecule has 13 heteroatoms. The summed E-state index contributed by atoms with van der Waals surface area (Å²) < 4.78 is 125. The van der Waals surface area contributed by atoms with E-state index < -0.39 is 59.3 Å². The first-order valence-corrected chi connectivity index (χ1v) is 11.2. The van der Waals surface area contributed by atoms with Crippen molar-refractivity contribution in [2.75, 3.05) is 0 Å². The molecule has 208 valence electrons. The fraction of sp³-hybridized carbons (Fsp3) is 0.269. The molecule has 0 bridgehead atoms. The van der Waals surface area contributed by atoms with Crippen LogP contribution >= 0.6 is 0 Å². The van der Waals surface area contributed by atoms with Crippen LogP contribution in [0.4, 0.5) is 39.5 Å². The van der Waals surface area contributed by atoms with Crippen LogP contribution in [0.2, 0.25) is 0 Å². The Balaban J connectivity index is 1.90. The summed E-state index contributed by atoms with van der Waals surface area (Å²) in [6.45, 7) is -0.310. The summed E-state index contributed by atoms with van der Waals surface area (Å²) in [5.41, 5.74) is -8.39. The summed E-state index contributed by atoms with van der Waals surface area (Å²) >= 11 is 0. The molecule has 0 aliphatic carbocycles. The molecule has 3 aromatic rings. The van der Waals surface area contributed by atoms with Gasteiger partial charge in [0.2, 0.25) is 5.60 Å². The molecular formula is C26H18F9NO3. The molecule has 0 aromatic heterocycles. The maximum atomic E-state index is 14.7. The Morgan fingerprint density at radius 3 is 1.85 bits per heavy atom. The summed E-state index contributed by atoms with van der Waals surface area (Å²) in [5, 5.41) is 9.98. The van der Waals surface area contributed by atoms with E-state index in [1.807, 2.05) is 0 Å². The standard InChI is InChI=1S/C26H18F9NO3/c27-24(28,29)19-10-18(11-20(12-19)25(30,31)32)23(26(33,34)35)13-21(16-6-8-17(9-7-16)22(37)38)36(39-23)14-15-4-2-1-3-5-15/h1-12,21H,13-14H2,(H,37,38). The van der Waals surface area contributed by atoms with Crippen LogP contribution < -0.4 is 0 Å². The van der Waals surface area contributed by atoms with Crippen molar-refractivity contribution in [3.8, 4) is 0 Å². The van der Waals surface area contributed by atoms with E-state index in [0.29, 0.717) is 5.56 Å². The smallest absolute Gasteiger partial charge is 0.423 e. The lowest BCUT2D eigenvalue weighted by Crippen LogP contribution is -2.43. The molecule has 1 saturated heterocycles. The van der Waals surface area contributed by atoms with Crippen LogP contribution in [-0.2, 0) is 29.3 Å². The molecule has 39 heavy (non-hydrogen) atoms. The number of carboxylic acids is 1. The zero-order valence-corrected chi connectivity index (χ0v) is 19.5. The second-order valence-electron chi connectivity index (χ2n) is 8.92. The molecule has 0 spiro atoms. The number of aromatic carboxylic acids is 1. The number of carbonyl (C=O) groups is 1. The highest BCUT2D eigenvalue weighted by atomic mass is 19.4. The molecule has 1 heterocycles. The van der Waals surface area contributed by atoms with Crippen LogP contribution in [0.1, 0.15) is 50.6 Å². The van der Waals surface area contributed by atoms with Gasteiger partial charge in [-0.05, 0) is 47.0 Å². The molecule has 0 radical (unpaired) electrons. The third-order valence-electron chi connectivity index (χ3n) is 6.34. The molecule has 3 aromatic carbocycles. The van der Waals surface area contributed by atoms with E-state index in [2.05, 4.69) is 0 Å². The fourth-order valence-corrected chi connectivity index (χ4v) is 4.40. The summed E-state index contributed by atoms with van der Waals surface area (Å²) in [5.74, 6) is -1.31. The SMILES string of the molecule is O=C(O)c1ccc(C2CC(c3cc(C(F)(F)F)cc(C(F)(F)F)c3)(C(F)(F)F)ON2Cc2ccccc2)cc1. The number of hydrogen-bond donors (Lipinski definition) is 1. The lowest BCUT2D eigenvalue weighted by atomic mass is 9.83. The van der Waals surface area contributed by atoms with Crippen molar-refractivity contribution in [1.82, 2.24) is 5.06 Å². The number of hydroxylamine groups is 2. The van der Waals surface area contributed by atoms with E-state index >= 15 is 0 Å². The Labute approximate surface area is 215 Å². The second kappa shape index (κ2) is 9.87. The average molecular weight is 563 g/mol. The van der Waals surface area contributed by atoms with Gasteiger partial charge in [-0.2, -0.15) is 44.6 Å². The van der Waals surface area contributed by atoms with Gasteiger partial charge in [0.25, 0.3) is 0 Å². The van der Waals surface area contributed by atoms with E-state index in [1.54, 1.807) is 30.3 Å². The van der Waals surface area contributed by atoms with Gasteiger partial charge in [-0.15, -0.1) is 0 Å². The first-order chi connectivity index (χ1) is 18.0. The second-order valence-corrected chi connectivity index (χ2v) is 8.92. The fourth-order valence-electron chi connectivity index (χ4n) is 4.40. The topological polar surface area (TPSA) is 49.8 Å². The predicted molar refractivity (Wildman–Crippen MR) is 118 cm³/mol. The number of halogens is 9. The lowest BCUT2D eigenvalue weighted by Gasteiger charge is -2.32. The van der Waals surface area contributed by atoms with Gasteiger partial charge in [-0.1, -0.05) is 42.5 Å². The van der Waals surface area contributed by atoms with E-state index in [4.69, 9.17) is 9.94 Å². The van der Waals surface area contributed by atoms with Crippen molar-refractivity contribution in [1.29, 1.82) is 0 Å². The molecule has 4 rings (SSSR count). The molecule has 1 N–H and O–H groups in total. The Morgan fingerprint density at radius 1 is 0.846 bits per heavy atom. The molecule has 0 amide bonds. The van der Waals surface area contributed by atoms with Crippen LogP contribution in [0.15, 0.2) is 72.8 Å². The summed E-state index contributed by atoms with van der Waals surface area (Å²) in [6.07, 6.45) is -17.3. The monoisotopic (exact) mass is 563 g/mol. The van der Waals surface area contributed by atoms with Crippen LogP contribution in [0.3, 0.4) is 0 Å². The van der Waals surface area contributed by atoms with Crippen LogP contribution in [0, 0.1) is 0 Å². The predicted octanol–water partition coefficient (Wildman–Crippen LogP) is 7.76. The van der Waals surface area contributed by atoms with Gasteiger partial charge in [-0.25, -0.2) is 4.79 Å². The van der Waals surface area contributed by atoms with Crippen molar-refractivity contribution in [3.63, 3.8) is 0 Å².